The molecule has 3 aliphatic heterocycles. The van der Waals surface area contributed by atoms with Gasteiger partial charge in [0.05, 0.1) is 16.8 Å². The molecule has 0 saturated carbocycles. The van der Waals surface area contributed by atoms with Gasteiger partial charge in [-0.3, -0.25) is 14.3 Å². The van der Waals surface area contributed by atoms with Crippen LogP contribution in [0, 0.1) is 0 Å². The number of fused-ring (bicyclic) bond motifs is 3. The third-order valence-corrected chi connectivity index (χ3v) is 8.95. The summed E-state index contributed by atoms with van der Waals surface area (Å²) < 4.78 is 2.07. The first-order valence-electron chi connectivity index (χ1n) is 15.2. The lowest BCUT2D eigenvalue weighted by molar-refractivity contribution is -0.00843. The number of piperidine rings is 1. The minimum Gasteiger partial charge on any atom is -0.507 e. The zero-order chi connectivity index (χ0) is 31.1. The third-order valence-electron chi connectivity index (χ3n) is 8.95. The maximum Gasteiger partial charge on any atom is 0.165 e. The highest BCUT2D eigenvalue weighted by molar-refractivity contribution is 5.85. The third kappa shape index (κ3) is 5.15. The van der Waals surface area contributed by atoms with E-state index in [2.05, 4.69) is 55.8 Å². The van der Waals surface area contributed by atoms with Crippen LogP contribution in [0.15, 0.2) is 91.2 Å². The van der Waals surface area contributed by atoms with Gasteiger partial charge < -0.3 is 15.7 Å². The van der Waals surface area contributed by atoms with Gasteiger partial charge in [-0.15, -0.1) is 0 Å². The van der Waals surface area contributed by atoms with Crippen LogP contribution in [0.5, 0.6) is 5.75 Å². The zero-order valence-corrected chi connectivity index (χ0v) is 25.3. The maximum absolute atomic E-state index is 11.1. The van der Waals surface area contributed by atoms with Crippen LogP contribution in [-0.4, -0.2) is 61.0 Å². The molecule has 3 fully saturated rings. The van der Waals surface area contributed by atoms with Crippen molar-refractivity contribution in [1.29, 1.82) is 0 Å². The monoisotopic (exact) mass is 597 g/mol. The summed E-state index contributed by atoms with van der Waals surface area (Å²) in [6, 6.07) is 22.6. The van der Waals surface area contributed by atoms with E-state index in [4.69, 9.17) is 15.7 Å². The standard InChI is InChI=1S/C36H35N7O2/c1-3-6-24(4-2)31-14-15-32-36(39-31)43(35(40-32)30-7-5-16-38-34(30)37)26-11-8-23(9-12-26)19-42-28-17-29(42)21-41(20-28)27-13-10-25(22-44)33(45)18-27/h3-16,18,22,28-29,45H,17,19-21H2,1-2H3,(H2,37,38)/b6-3-,24-4+. The lowest BCUT2D eigenvalue weighted by Gasteiger charge is -2.57. The number of hydrogen-bond donors (Lipinski definition) is 2. The van der Waals surface area contributed by atoms with E-state index >= 15 is 0 Å². The number of phenols is 1. The van der Waals surface area contributed by atoms with Gasteiger partial charge in [0.25, 0.3) is 0 Å². The molecule has 5 aromatic rings. The minimum atomic E-state index is 0.0326. The molecule has 6 heterocycles. The molecule has 2 atom stereocenters. The predicted molar refractivity (Wildman–Crippen MR) is 178 cm³/mol. The van der Waals surface area contributed by atoms with Crippen molar-refractivity contribution >= 4 is 34.5 Å². The molecule has 3 N–H and O–H groups in total. The SMILES string of the molecule is C/C=C\C(=C/C)c1ccc2nc(-c3cccnc3N)n(-c3ccc(CN4C5CC4CN(c4ccc(C=O)c(O)c4)C5)cc3)c2n1. The summed E-state index contributed by atoms with van der Waals surface area (Å²) in [5.74, 6) is 1.15. The van der Waals surface area contributed by atoms with Gasteiger partial charge in [-0.2, -0.15) is 0 Å². The van der Waals surface area contributed by atoms with Gasteiger partial charge in [0.1, 0.15) is 17.1 Å². The summed E-state index contributed by atoms with van der Waals surface area (Å²) in [6.07, 6.45) is 9.66. The molecular formula is C36H35N7O2. The lowest BCUT2D eigenvalue weighted by atomic mass is 9.86. The van der Waals surface area contributed by atoms with Crippen LogP contribution in [-0.2, 0) is 6.54 Å². The Morgan fingerprint density at radius 1 is 1.00 bits per heavy atom. The second-order valence-electron chi connectivity index (χ2n) is 11.6. The number of aldehydes is 1. The van der Waals surface area contributed by atoms with Crippen molar-refractivity contribution in [3.05, 3.63) is 108 Å². The van der Waals surface area contributed by atoms with Crippen LogP contribution in [0.3, 0.4) is 0 Å². The zero-order valence-electron chi connectivity index (χ0n) is 25.3. The van der Waals surface area contributed by atoms with E-state index in [9.17, 15) is 9.90 Å². The number of phenolic OH excluding ortho intramolecular Hbond substituents is 1. The molecule has 2 unspecified atom stereocenters. The number of nitrogens with zero attached hydrogens (tertiary/aromatic N) is 6. The highest BCUT2D eigenvalue weighted by Crippen LogP contribution is 2.37. The topological polar surface area (TPSA) is 113 Å². The molecule has 0 radical (unpaired) electrons. The molecule has 0 amide bonds. The Bertz CT molecular complexity index is 1950. The van der Waals surface area contributed by atoms with Gasteiger partial charge >= 0.3 is 0 Å². The van der Waals surface area contributed by atoms with E-state index in [0.717, 1.165) is 59.0 Å². The fraction of sp³-hybridized carbons (Fsp3) is 0.222. The van der Waals surface area contributed by atoms with Gasteiger partial charge in [-0.25, -0.2) is 15.0 Å². The van der Waals surface area contributed by atoms with Crippen LogP contribution in [0.1, 0.15) is 41.9 Å². The number of allylic oxidation sites excluding steroid dienone is 4. The average Bonchev–Trinajstić information content (AvgIpc) is 3.45. The van der Waals surface area contributed by atoms with Crippen molar-refractivity contribution in [1.82, 2.24) is 24.4 Å². The molecule has 3 saturated heterocycles. The smallest absolute Gasteiger partial charge is 0.165 e. The molecule has 0 aliphatic carbocycles. The number of aromatic nitrogens is 4. The van der Waals surface area contributed by atoms with Crippen molar-refractivity contribution in [2.75, 3.05) is 23.7 Å². The van der Waals surface area contributed by atoms with E-state index in [0.29, 0.717) is 35.6 Å². The Morgan fingerprint density at radius 3 is 2.47 bits per heavy atom. The molecule has 9 heteroatoms. The number of nitrogens with two attached hydrogens (primary N) is 1. The Morgan fingerprint density at radius 2 is 1.78 bits per heavy atom. The Labute approximate surface area is 262 Å². The number of aromatic hydroxyl groups is 1. The average molecular weight is 598 g/mol. The molecule has 9 nitrogen and oxygen atoms in total. The van der Waals surface area contributed by atoms with E-state index in [1.54, 1.807) is 18.3 Å². The van der Waals surface area contributed by atoms with E-state index in [1.807, 2.05) is 50.3 Å². The highest BCUT2D eigenvalue weighted by atomic mass is 16.3. The number of hydrogen-bond acceptors (Lipinski definition) is 8. The van der Waals surface area contributed by atoms with Crippen LogP contribution >= 0.6 is 0 Å². The number of nitrogen functional groups attached to an aromatic ring is 1. The van der Waals surface area contributed by atoms with Gasteiger partial charge in [0.15, 0.2) is 17.8 Å². The fourth-order valence-corrected chi connectivity index (χ4v) is 6.60. The van der Waals surface area contributed by atoms with Crippen molar-refractivity contribution in [3.8, 4) is 22.8 Å². The minimum absolute atomic E-state index is 0.0326. The number of carbonyl (C=O) groups is 1. The normalized spacial score (nSPS) is 18.4. The van der Waals surface area contributed by atoms with E-state index in [1.165, 1.54) is 12.0 Å². The van der Waals surface area contributed by atoms with Crippen LogP contribution < -0.4 is 10.6 Å². The van der Waals surface area contributed by atoms with E-state index < -0.39 is 0 Å². The molecule has 0 spiro atoms. The van der Waals surface area contributed by atoms with Crippen molar-refractivity contribution in [3.63, 3.8) is 0 Å². The Balaban J connectivity index is 1.17. The number of pyridine rings is 2. The molecule has 3 aliphatic rings. The Kier molecular flexibility index (Phi) is 7.39. The summed E-state index contributed by atoms with van der Waals surface area (Å²) in [5.41, 5.74) is 14.0. The van der Waals surface area contributed by atoms with Gasteiger partial charge in [-0.1, -0.05) is 30.4 Å². The molecule has 3 aromatic heterocycles. The summed E-state index contributed by atoms with van der Waals surface area (Å²) in [4.78, 5) is 30.3. The number of rotatable bonds is 8. The first-order valence-corrected chi connectivity index (χ1v) is 15.2. The number of carbonyl (C=O) groups excluding carboxylic acids is 1. The van der Waals surface area contributed by atoms with Gasteiger partial charge in [0, 0.05) is 55.4 Å². The van der Waals surface area contributed by atoms with Gasteiger partial charge in [-0.05, 0) is 79.9 Å². The first-order chi connectivity index (χ1) is 22.0. The number of piperazine rings is 1. The summed E-state index contributed by atoms with van der Waals surface area (Å²) >= 11 is 0. The van der Waals surface area contributed by atoms with Crippen molar-refractivity contribution in [2.24, 2.45) is 0 Å². The largest absolute Gasteiger partial charge is 0.507 e. The second kappa shape index (κ2) is 11.7. The summed E-state index contributed by atoms with van der Waals surface area (Å²) in [6.45, 7) is 6.66. The molecule has 2 aromatic carbocycles. The van der Waals surface area contributed by atoms with Gasteiger partial charge in [0.2, 0.25) is 0 Å². The molecule has 8 rings (SSSR count). The number of imidazole rings is 1. The highest BCUT2D eigenvalue weighted by Gasteiger charge is 2.44. The van der Waals surface area contributed by atoms with E-state index in [-0.39, 0.29) is 5.75 Å². The Hall–Kier alpha value is -5.28. The van der Waals surface area contributed by atoms with Crippen molar-refractivity contribution in [2.45, 2.75) is 38.9 Å². The van der Waals surface area contributed by atoms with Crippen molar-refractivity contribution < 1.29 is 9.90 Å². The van der Waals surface area contributed by atoms with Crippen LogP contribution in [0.2, 0.25) is 0 Å². The molecular weight excluding hydrogens is 562 g/mol. The first kappa shape index (κ1) is 28.5. The van der Waals surface area contributed by atoms with Crippen LogP contribution in [0.25, 0.3) is 33.8 Å². The fourth-order valence-electron chi connectivity index (χ4n) is 6.60. The maximum atomic E-state index is 11.1. The number of anilines is 2. The van der Waals surface area contributed by atoms with Crippen LogP contribution in [0.4, 0.5) is 11.5 Å². The number of benzene rings is 2. The molecule has 2 bridgehead atoms. The molecule has 226 valence electrons. The quantitative estimate of drug-likeness (QED) is 0.165. The lowest BCUT2D eigenvalue weighted by Crippen LogP contribution is -2.68. The summed E-state index contributed by atoms with van der Waals surface area (Å²) in [7, 11) is 0. The summed E-state index contributed by atoms with van der Waals surface area (Å²) in [5, 5.41) is 10.2. The predicted octanol–water partition coefficient (Wildman–Crippen LogP) is 6.03. The molecule has 45 heavy (non-hydrogen) atoms. The second-order valence-corrected chi connectivity index (χ2v) is 11.6.